The van der Waals surface area contributed by atoms with E-state index in [4.69, 9.17) is 0 Å². The Labute approximate surface area is 191 Å². The Kier molecular flexibility index (Phi) is 5.72. The maximum atomic E-state index is 13.7. The van der Waals surface area contributed by atoms with E-state index < -0.39 is 29.8 Å². The minimum absolute atomic E-state index is 0.152. The highest BCUT2D eigenvalue weighted by Crippen LogP contribution is 2.33. The Morgan fingerprint density at radius 1 is 0.939 bits per heavy atom. The summed E-state index contributed by atoms with van der Waals surface area (Å²) in [7, 11) is 0. The third kappa shape index (κ3) is 3.86. The second kappa shape index (κ2) is 8.50. The summed E-state index contributed by atoms with van der Waals surface area (Å²) in [5.74, 6) is -1.07. The molecule has 168 valence electrons. The average molecular weight is 444 g/mol. The number of aryl methyl sites for hydroxylation is 1. The van der Waals surface area contributed by atoms with Crippen molar-refractivity contribution in [1.29, 1.82) is 0 Å². The van der Waals surface area contributed by atoms with Crippen molar-refractivity contribution >= 4 is 23.5 Å². The first-order valence-corrected chi connectivity index (χ1v) is 10.7. The van der Waals surface area contributed by atoms with Gasteiger partial charge < -0.3 is 10.3 Å². The normalized spacial score (nSPS) is 17.8. The molecule has 0 bridgehead atoms. The zero-order valence-electron chi connectivity index (χ0n) is 18.8. The summed E-state index contributed by atoms with van der Waals surface area (Å²) >= 11 is 0. The molecule has 1 atom stereocenters. The van der Waals surface area contributed by atoms with E-state index >= 15 is 0 Å². The van der Waals surface area contributed by atoms with Crippen LogP contribution in [0.2, 0.25) is 0 Å². The van der Waals surface area contributed by atoms with Crippen LogP contribution >= 0.6 is 0 Å². The summed E-state index contributed by atoms with van der Waals surface area (Å²) in [5, 5.41) is 2.86. The number of Topliss-reactive ketones (excluding diaryl/α,β-unsaturated/α-hetero) is 2. The predicted molar refractivity (Wildman–Crippen MR) is 123 cm³/mol. The van der Waals surface area contributed by atoms with Crippen LogP contribution in [-0.4, -0.2) is 39.9 Å². The Morgan fingerprint density at radius 3 is 2.12 bits per heavy atom. The van der Waals surface area contributed by atoms with E-state index in [-0.39, 0.29) is 17.9 Å². The molecule has 1 aliphatic rings. The van der Waals surface area contributed by atoms with E-state index in [0.29, 0.717) is 22.4 Å². The van der Waals surface area contributed by atoms with Crippen LogP contribution in [-0.2, 0) is 16.8 Å². The lowest BCUT2D eigenvalue weighted by molar-refractivity contribution is -0.131. The summed E-state index contributed by atoms with van der Waals surface area (Å²) < 4.78 is 0. The number of hydrogen-bond donors (Lipinski definition) is 2. The van der Waals surface area contributed by atoms with Crippen molar-refractivity contribution in [1.82, 2.24) is 15.2 Å². The van der Waals surface area contributed by atoms with E-state index in [1.807, 2.05) is 48.5 Å². The minimum atomic E-state index is -1.31. The first-order valence-electron chi connectivity index (χ1n) is 10.7. The number of hydrogen-bond acceptors (Lipinski definition) is 4. The van der Waals surface area contributed by atoms with Crippen molar-refractivity contribution in [2.45, 2.75) is 32.7 Å². The molecule has 7 nitrogen and oxygen atoms in total. The fourth-order valence-electron chi connectivity index (χ4n) is 4.59. The Bertz CT molecular complexity index is 1250. The molecule has 0 radical (unpaired) electrons. The number of carbonyl (C=O) groups is 4. The van der Waals surface area contributed by atoms with Crippen molar-refractivity contribution in [2.24, 2.45) is 0 Å². The van der Waals surface area contributed by atoms with E-state index in [2.05, 4.69) is 10.3 Å². The van der Waals surface area contributed by atoms with Gasteiger partial charge in [0.25, 0.3) is 5.91 Å². The molecule has 2 aromatic carbocycles. The van der Waals surface area contributed by atoms with E-state index in [1.54, 1.807) is 26.0 Å². The number of ketones is 2. The highest BCUT2D eigenvalue weighted by atomic mass is 16.2. The van der Waals surface area contributed by atoms with Gasteiger partial charge in [0.2, 0.25) is 0 Å². The number of urea groups is 1. The fourth-order valence-corrected chi connectivity index (χ4v) is 4.59. The van der Waals surface area contributed by atoms with Crippen molar-refractivity contribution < 1.29 is 19.2 Å². The van der Waals surface area contributed by atoms with Crippen LogP contribution in [0, 0.1) is 13.8 Å². The third-order valence-electron chi connectivity index (χ3n) is 6.12. The molecule has 0 unspecified atom stereocenters. The number of nitrogens with zero attached hydrogens (tertiary/aromatic N) is 1. The van der Waals surface area contributed by atoms with Gasteiger partial charge in [0.05, 0.1) is 12.2 Å². The topological polar surface area (TPSA) is 99.3 Å². The second-order valence-corrected chi connectivity index (χ2v) is 8.36. The molecule has 0 saturated carbocycles. The fraction of sp³-hybridized carbons (Fsp3) is 0.231. The summed E-state index contributed by atoms with van der Waals surface area (Å²) in [6.07, 6.45) is 0.252. The zero-order valence-corrected chi connectivity index (χ0v) is 18.8. The van der Waals surface area contributed by atoms with Gasteiger partial charge in [-0.25, -0.2) is 4.79 Å². The molecule has 2 N–H and O–H groups in total. The van der Waals surface area contributed by atoms with Crippen molar-refractivity contribution in [3.8, 4) is 0 Å². The molecule has 4 rings (SSSR count). The molecule has 1 aromatic heterocycles. The lowest BCUT2D eigenvalue weighted by atomic mass is 9.83. The summed E-state index contributed by atoms with van der Waals surface area (Å²) in [6, 6.07) is 17.8. The Balaban J connectivity index is 1.68. The summed E-state index contributed by atoms with van der Waals surface area (Å²) in [6.45, 7) is 4.41. The van der Waals surface area contributed by atoms with Crippen LogP contribution in [0.4, 0.5) is 4.79 Å². The third-order valence-corrected chi connectivity index (χ3v) is 6.12. The van der Waals surface area contributed by atoms with Crippen molar-refractivity contribution in [2.75, 3.05) is 6.54 Å². The van der Waals surface area contributed by atoms with Crippen LogP contribution in [0.1, 0.15) is 50.2 Å². The molecule has 0 spiro atoms. The number of aromatic nitrogens is 1. The van der Waals surface area contributed by atoms with Crippen molar-refractivity contribution in [3.05, 3.63) is 94.3 Å². The maximum absolute atomic E-state index is 13.7. The number of rotatable bonds is 7. The van der Waals surface area contributed by atoms with Crippen molar-refractivity contribution in [3.63, 3.8) is 0 Å². The van der Waals surface area contributed by atoms with Gasteiger partial charge in [-0.05, 0) is 37.5 Å². The highest BCUT2D eigenvalue weighted by Gasteiger charge is 2.52. The first-order chi connectivity index (χ1) is 15.7. The van der Waals surface area contributed by atoms with Crippen LogP contribution in [0.3, 0.4) is 0 Å². The number of nitrogens with one attached hydrogen (secondary N) is 2. The van der Waals surface area contributed by atoms with Crippen LogP contribution in [0.15, 0.2) is 60.7 Å². The molecule has 1 fully saturated rings. The molecule has 1 aliphatic heterocycles. The molecule has 1 saturated heterocycles. The zero-order chi connectivity index (χ0) is 23.8. The highest BCUT2D eigenvalue weighted by molar-refractivity contribution is 6.12. The van der Waals surface area contributed by atoms with Gasteiger partial charge in [-0.3, -0.25) is 19.3 Å². The van der Waals surface area contributed by atoms with Gasteiger partial charge in [0.15, 0.2) is 17.1 Å². The van der Waals surface area contributed by atoms with Crippen LogP contribution in [0.5, 0.6) is 0 Å². The van der Waals surface area contributed by atoms with Gasteiger partial charge in [-0.1, -0.05) is 60.7 Å². The standard InChI is InChI=1S/C26H25N3O4/c1-16-22(18(3)30)17(2)27-23(16)21(31)15-29-24(32)26(28-25(29)33,20-12-8-5-9-13-20)14-19-10-6-4-7-11-19/h4-13,27H,14-15H2,1-3H3,(H,28,33)/t26-/m1/s1. The molecule has 7 heteroatoms. The Hall–Kier alpha value is -4.00. The van der Waals surface area contributed by atoms with E-state index in [0.717, 1.165) is 10.5 Å². The van der Waals surface area contributed by atoms with E-state index in [1.165, 1.54) is 6.92 Å². The second-order valence-electron chi connectivity index (χ2n) is 8.36. The molecule has 33 heavy (non-hydrogen) atoms. The number of amides is 3. The van der Waals surface area contributed by atoms with Gasteiger partial charge in [0, 0.05) is 17.7 Å². The number of carbonyl (C=O) groups excluding carboxylic acids is 4. The minimum Gasteiger partial charge on any atom is -0.355 e. The molecule has 3 aromatic rings. The number of benzene rings is 2. The van der Waals surface area contributed by atoms with Gasteiger partial charge in [-0.2, -0.15) is 0 Å². The molecule has 0 aliphatic carbocycles. The number of H-pyrrole nitrogens is 1. The monoisotopic (exact) mass is 443 g/mol. The van der Waals surface area contributed by atoms with Gasteiger partial charge in [0.1, 0.15) is 0 Å². The molecular weight excluding hydrogens is 418 g/mol. The Morgan fingerprint density at radius 2 is 1.55 bits per heavy atom. The molecule has 2 heterocycles. The van der Waals surface area contributed by atoms with E-state index in [9.17, 15) is 19.2 Å². The lowest BCUT2D eigenvalue weighted by Crippen LogP contribution is -2.46. The summed E-state index contributed by atoms with van der Waals surface area (Å²) in [4.78, 5) is 55.6. The molecule has 3 amide bonds. The van der Waals surface area contributed by atoms with Gasteiger partial charge in [-0.15, -0.1) is 0 Å². The summed E-state index contributed by atoms with van der Waals surface area (Å²) in [5.41, 5.74) is 2.01. The quantitative estimate of drug-likeness (QED) is 0.430. The van der Waals surface area contributed by atoms with Crippen LogP contribution < -0.4 is 5.32 Å². The smallest absolute Gasteiger partial charge is 0.325 e. The number of imide groups is 1. The predicted octanol–water partition coefficient (Wildman–Crippen LogP) is 3.71. The molecular formula is C26H25N3O4. The first kappa shape index (κ1) is 22.2. The lowest BCUT2D eigenvalue weighted by Gasteiger charge is -2.27. The average Bonchev–Trinajstić information content (AvgIpc) is 3.23. The maximum Gasteiger partial charge on any atom is 0.325 e. The number of aromatic amines is 1. The van der Waals surface area contributed by atoms with Crippen LogP contribution in [0.25, 0.3) is 0 Å². The van der Waals surface area contributed by atoms with Gasteiger partial charge >= 0.3 is 6.03 Å². The SMILES string of the molecule is CC(=O)c1c(C)[nH]c(C(=O)CN2C(=O)N[C@](Cc3ccccc3)(c3ccccc3)C2=O)c1C. The largest absolute Gasteiger partial charge is 0.355 e.